The van der Waals surface area contributed by atoms with Gasteiger partial charge in [-0.3, -0.25) is 4.79 Å². The normalized spacial score (nSPS) is 13.3. The Hall–Kier alpha value is -3.97. The molecule has 0 radical (unpaired) electrons. The van der Waals surface area contributed by atoms with Gasteiger partial charge in [0, 0.05) is 53.7 Å². The van der Waals surface area contributed by atoms with E-state index in [0.29, 0.717) is 35.5 Å². The fraction of sp³-hybridized carbons (Fsp3) is 0.250. The van der Waals surface area contributed by atoms with Crippen LogP contribution < -0.4 is 11.5 Å². The summed E-state index contributed by atoms with van der Waals surface area (Å²) in [4.78, 5) is 17.1. The second-order valence-corrected chi connectivity index (χ2v) is 8.67. The number of carbonyl (C=O) groups excluding carboxylic acids is 1. The zero-order chi connectivity index (χ0) is 25.5. The number of likely N-dealkylation sites (N-methyl/N-ethyl adjacent to an activating group) is 1. The Balaban J connectivity index is 2.14. The van der Waals surface area contributed by atoms with E-state index in [0.717, 1.165) is 16.8 Å². The summed E-state index contributed by atoms with van der Waals surface area (Å²) in [5, 5.41) is 20.1. The van der Waals surface area contributed by atoms with E-state index in [-0.39, 0.29) is 30.2 Å². The van der Waals surface area contributed by atoms with Gasteiger partial charge >= 0.3 is 0 Å². The molecular weight excluding hydrogens is 440 g/mol. The summed E-state index contributed by atoms with van der Waals surface area (Å²) in [6.07, 6.45) is 4.15. The lowest BCUT2D eigenvalue weighted by Crippen LogP contribution is -2.35. The number of benzene rings is 2. The van der Waals surface area contributed by atoms with E-state index in [1.165, 1.54) is 6.08 Å². The van der Waals surface area contributed by atoms with Gasteiger partial charge in [-0.1, -0.05) is 49.0 Å². The highest BCUT2D eigenvalue weighted by atomic mass is 16.3. The number of nitrogens with two attached hydrogens (primary N) is 2. The molecule has 0 spiro atoms. The lowest BCUT2D eigenvalue weighted by Gasteiger charge is -2.28. The minimum Gasteiger partial charge on any atom is -0.507 e. The van der Waals surface area contributed by atoms with Crippen molar-refractivity contribution in [2.75, 3.05) is 19.4 Å². The maximum Gasteiger partial charge on any atom is 0.245 e. The Morgan fingerprint density at radius 1 is 1.17 bits per heavy atom. The number of aromatic amines is 1. The minimum absolute atomic E-state index is 0.0190. The first-order valence-corrected chi connectivity index (χ1v) is 11.6. The van der Waals surface area contributed by atoms with Crippen molar-refractivity contribution in [3.63, 3.8) is 0 Å². The number of anilines is 1. The molecule has 7 heteroatoms. The van der Waals surface area contributed by atoms with Crippen LogP contribution in [0.25, 0.3) is 22.9 Å². The van der Waals surface area contributed by atoms with Gasteiger partial charge in [0.25, 0.3) is 0 Å². The van der Waals surface area contributed by atoms with Gasteiger partial charge in [0.05, 0.1) is 0 Å². The maximum absolute atomic E-state index is 12.1. The molecule has 3 rings (SSSR count). The highest BCUT2D eigenvalue weighted by Crippen LogP contribution is 2.40. The predicted octanol–water partition coefficient (Wildman–Crippen LogP) is 4.32. The zero-order valence-electron chi connectivity index (χ0n) is 20.2. The average Bonchev–Trinajstić information content (AvgIpc) is 3.18. The van der Waals surface area contributed by atoms with Crippen LogP contribution in [0.2, 0.25) is 0 Å². The van der Waals surface area contributed by atoms with Crippen molar-refractivity contribution in [3.05, 3.63) is 84.1 Å². The predicted molar refractivity (Wildman–Crippen MR) is 142 cm³/mol. The molecule has 7 nitrogen and oxygen atoms in total. The van der Waals surface area contributed by atoms with Gasteiger partial charge < -0.3 is 31.6 Å². The molecule has 1 amide bonds. The molecule has 184 valence electrons. The number of nitrogens with one attached hydrogen (secondary N) is 1. The SMILES string of the molecule is C=CC(=O)N(C)C(C)C[C@@H](CCO)c1[nH]c(N)c(/C=C(\N)c2ccccc2O)c1-c1ccccc1. The summed E-state index contributed by atoms with van der Waals surface area (Å²) in [5.41, 5.74) is 17.2. The number of aliphatic hydroxyl groups is 1. The summed E-state index contributed by atoms with van der Waals surface area (Å²) < 4.78 is 0. The van der Waals surface area contributed by atoms with Crippen molar-refractivity contribution < 1.29 is 15.0 Å². The van der Waals surface area contributed by atoms with Crippen molar-refractivity contribution in [2.45, 2.75) is 31.7 Å². The molecule has 0 aliphatic carbocycles. The van der Waals surface area contributed by atoms with E-state index < -0.39 is 0 Å². The molecular formula is C28H34N4O3. The highest BCUT2D eigenvalue weighted by molar-refractivity contribution is 5.92. The number of aromatic hydroxyl groups is 1. The highest BCUT2D eigenvalue weighted by Gasteiger charge is 2.26. The second kappa shape index (κ2) is 11.4. The van der Waals surface area contributed by atoms with E-state index in [4.69, 9.17) is 11.5 Å². The Morgan fingerprint density at radius 2 is 1.83 bits per heavy atom. The second-order valence-electron chi connectivity index (χ2n) is 8.67. The summed E-state index contributed by atoms with van der Waals surface area (Å²) in [6, 6.07) is 16.6. The number of aromatic nitrogens is 1. The molecule has 0 aliphatic heterocycles. The van der Waals surface area contributed by atoms with E-state index in [9.17, 15) is 15.0 Å². The largest absolute Gasteiger partial charge is 0.507 e. The zero-order valence-corrected chi connectivity index (χ0v) is 20.2. The van der Waals surface area contributed by atoms with E-state index in [2.05, 4.69) is 11.6 Å². The third kappa shape index (κ3) is 5.75. The van der Waals surface area contributed by atoms with Crippen LogP contribution in [0.3, 0.4) is 0 Å². The topological polar surface area (TPSA) is 129 Å². The molecule has 0 saturated heterocycles. The fourth-order valence-electron chi connectivity index (χ4n) is 4.34. The average molecular weight is 475 g/mol. The fourth-order valence-corrected chi connectivity index (χ4v) is 4.34. The Morgan fingerprint density at radius 3 is 2.46 bits per heavy atom. The number of aliphatic hydroxyl groups excluding tert-OH is 1. The first-order chi connectivity index (χ1) is 16.8. The number of amides is 1. The van der Waals surface area contributed by atoms with Crippen molar-refractivity contribution in [2.24, 2.45) is 5.73 Å². The number of para-hydroxylation sites is 1. The van der Waals surface area contributed by atoms with Gasteiger partial charge in [-0.05, 0) is 49.6 Å². The van der Waals surface area contributed by atoms with E-state index in [1.54, 1.807) is 42.3 Å². The van der Waals surface area contributed by atoms with Crippen LogP contribution in [0, 0.1) is 0 Å². The molecule has 35 heavy (non-hydrogen) atoms. The molecule has 3 aromatic rings. The molecule has 2 atom stereocenters. The Bertz CT molecular complexity index is 1200. The van der Waals surface area contributed by atoms with Gasteiger partial charge in [0.1, 0.15) is 11.6 Å². The number of phenols is 1. The van der Waals surface area contributed by atoms with Crippen LogP contribution in [0.1, 0.15) is 42.5 Å². The Labute approximate surface area is 206 Å². The number of rotatable bonds is 10. The van der Waals surface area contributed by atoms with Crippen molar-refractivity contribution in [1.82, 2.24) is 9.88 Å². The maximum atomic E-state index is 12.1. The van der Waals surface area contributed by atoms with Gasteiger partial charge in [0.2, 0.25) is 5.91 Å². The lowest BCUT2D eigenvalue weighted by molar-refractivity contribution is -0.126. The smallest absolute Gasteiger partial charge is 0.245 e. The van der Waals surface area contributed by atoms with Gasteiger partial charge in [0.15, 0.2) is 0 Å². The van der Waals surface area contributed by atoms with Crippen LogP contribution in [0.5, 0.6) is 5.75 Å². The first-order valence-electron chi connectivity index (χ1n) is 11.6. The molecule has 1 unspecified atom stereocenters. The van der Waals surface area contributed by atoms with Gasteiger partial charge in [-0.2, -0.15) is 0 Å². The summed E-state index contributed by atoms with van der Waals surface area (Å²) in [6.45, 7) is 5.53. The third-order valence-electron chi connectivity index (χ3n) is 6.37. The van der Waals surface area contributed by atoms with Crippen molar-refractivity contribution in [3.8, 4) is 16.9 Å². The molecule has 0 fully saturated rings. The molecule has 0 aliphatic rings. The summed E-state index contributed by atoms with van der Waals surface area (Å²) >= 11 is 0. The van der Waals surface area contributed by atoms with Crippen LogP contribution in [-0.2, 0) is 4.79 Å². The summed E-state index contributed by atoms with van der Waals surface area (Å²) in [5.74, 6) is 0.247. The lowest BCUT2D eigenvalue weighted by atomic mass is 9.88. The van der Waals surface area contributed by atoms with Gasteiger partial charge in [-0.25, -0.2) is 0 Å². The minimum atomic E-state index is -0.159. The standard InChI is InChI=1S/C28H34N4O3/c1-4-25(35)32(3)18(2)16-20(14-15-33)27-26(19-10-6-5-7-11-19)22(28(30)31-27)17-23(29)21-12-8-9-13-24(21)34/h4-13,17-18,20,31,33-34H,1,14-16,29-30H2,2-3H3/b23-17-/t18?,20-/m1/s1. The van der Waals surface area contributed by atoms with Crippen LogP contribution in [0.15, 0.2) is 67.3 Å². The van der Waals surface area contributed by atoms with Crippen molar-refractivity contribution in [1.29, 1.82) is 0 Å². The number of nitrogen functional groups attached to an aromatic ring is 1. The summed E-state index contributed by atoms with van der Waals surface area (Å²) in [7, 11) is 1.74. The number of hydrogen-bond acceptors (Lipinski definition) is 5. The van der Waals surface area contributed by atoms with Crippen LogP contribution >= 0.6 is 0 Å². The number of hydrogen-bond donors (Lipinski definition) is 5. The van der Waals surface area contributed by atoms with Crippen LogP contribution in [-0.4, -0.2) is 45.7 Å². The first kappa shape index (κ1) is 25.6. The molecule has 0 saturated carbocycles. The molecule has 0 bridgehead atoms. The van der Waals surface area contributed by atoms with E-state index in [1.807, 2.05) is 37.3 Å². The third-order valence-corrected chi connectivity index (χ3v) is 6.37. The molecule has 1 aromatic heterocycles. The molecule has 2 aromatic carbocycles. The van der Waals surface area contributed by atoms with E-state index >= 15 is 0 Å². The molecule has 7 N–H and O–H groups in total. The quantitative estimate of drug-likeness (QED) is 0.280. The van der Waals surface area contributed by atoms with Gasteiger partial charge in [-0.15, -0.1) is 0 Å². The number of nitrogens with zero attached hydrogens (tertiary/aromatic N) is 1. The Kier molecular flexibility index (Phi) is 8.39. The number of H-pyrrole nitrogens is 1. The number of carbonyl (C=O) groups is 1. The molecule has 1 heterocycles. The monoisotopic (exact) mass is 474 g/mol. The van der Waals surface area contributed by atoms with Crippen molar-refractivity contribution >= 4 is 23.5 Å². The van der Waals surface area contributed by atoms with Crippen LogP contribution in [0.4, 0.5) is 5.82 Å². The number of phenolic OH excluding ortho intramolecular Hbond substituents is 1.